The zero-order valence-electron chi connectivity index (χ0n) is 5.60. The first-order valence-corrected chi connectivity index (χ1v) is 4.07. The van der Waals surface area contributed by atoms with Crippen LogP contribution in [0.4, 0.5) is 0 Å². The van der Waals surface area contributed by atoms with Crippen LogP contribution < -0.4 is 5.56 Å². The summed E-state index contributed by atoms with van der Waals surface area (Å²) in [6.07, 6.45) is 3.03. The summed E-state index contributed by atoms with van der Waals surface area (Å²) in [6.45, 7) is 0. The Bertz CT molecular complexity index is 357. The van der Waals surface area contributed by atoms with Gasteiger partial charge >= 0.3 is 0 Å². The summed E-state index contributed by atoms with van der Waals surface area (Å²) in [5.41, 5.74) is -0.0778. The molecule has 11 heavy (non-hydrogen) atoms. The van der Waals surface area contributed by atoms with Crippen molar-refractivity contribution in [2.75, 3.05) is 5.88 Å². The number of hydrogen-bond donors (Lipinski definition) is 0. The molecule has 56 valence electrons. The van der Waals surface area contributed by atoms with E-state index < -0.39 is 0 Å². The van der Waals surface area contributed by atoms with Crippen LogP contribution in [0, 0.1) is 0 Å². The van der Waals surface area contributed by atoms with Gasteiger partial charge in [0.25, 0.3) is 5.56 Å². The maximum absolute atomic E-state index is 11.1. The number of nitrogens with zero attached hydrogens (tertiary/aromatic N) is 3. The average molecular weight is 167 g/mol. The molecule has 0 saturated carbocycles. The molecule has 2 rings (SSSR count). The molecule has 5 heteroatoms. The summed E-state index contributed by atoms with van der Waals surface area (Å²) in [5.74, 6) is 0.649. The first-order valence-electron chi connectivity index (χ1n) is 3.08. The van der Waals surface area contributed by atoms with Crippen LogP contribution in [0.1, 0.15) is 0 Å². The number of thioether (sulfide) groups is 1. The second-order valence-corrected chi connectivity index (χ2v) is 2.92. The first-order chi connectivity index (χ1) is 5.38. The van der Waals surface area contributed by atoms with Gasteiger partial charge in [-0.25, -0.2) is 9.55 Å². The minimum absolute atomic E-state index is 0.0778. The highest BCUT2D eigenvalue weighted by molar-refractivity contribution is 7.99. The van der Waals surface area contributed by atoms with Gasteiger partial charge < -0.3 is 0 Å². The molecule has 1 aromatic heterocycles. The Morgan fingerprint density at radius 2 is 2.55 bits per heavy atom. The first kappa shape index (κ1) is 6.60. The maximum Gasteiger partial charge on any atom is 0.259 e. The molecule has 0 bridgehead atoms. The molecule has 0 spiro atoms. The van der Waals surface area contributed by atoms with Crippen molar-refractivity contribution >= 4 is 18.1 Å². The van der Waals surface area contributed by atoms with Gasteiger partial charge in [0.05, 0.1) is 12.2 Å². The molecule has 0 aliphatic carbocycles. The molecule has 0 atom stereocenters. The van der Waals surface area contributed by atoms with Crippen LogP contribution in [0.15, 0.2) is 27.2 Å². The van der Waals surface area contributed by atoms with Crippen molar-refractivity contribution in [3.63, 3.8) is 0 Å². The molecule has 0 radical (unpaired) electrons. The van der Waals surface area contributed by atoms with Gasteiger partial charge in [-0.05, 0) is 0 Å². The Balaban J connectivity index is 2.70. The fourth-order valence-corrected chi connectivity index (χ4v) is 1.49. The van der Waals surface area contributed by atoms with E-state index in [1.165, 1.54) is 34.9 Å². The van der Waals surface area contributed by atoms with Crippen molar-refractivity contribution < 1.29 is 0 Å². The average Bonchev–Trinajstić information content (AvgIpc) is 2.06. The second-order valence-electron chi connectivity index (χ2n) is 2.01. The highest BCUT2D eigenvalue weighted by Gasteiger charge is 2.05. The summed E-state index contributed by atoms with van der Waals surface area (Å²) in [6, 6.07) is 1.42. The highest BCUT2D eigenvalue weighted by atomic mass is 32.2. The molecule has 0 saturated heterocycles. The van der Waals surface area contributed by atoms with Gasteiger partial charge in [-0.15, -0.1) is 0 Å². The van der Waals surface area contributed by atoms with Crippen LogP contribution in [-0.4, -0.2) is 21.8 Å². The Morgan fingerprint density at radius 3 is 3.36 bits per heavy atom. The topological polar surface area (TPSA) is 47.2 Å². The van der Waals surface area contributed by atoms with Crippen molar-refractivity contribution in [2.45, 2.75) is 5.16 Å². The lowest BCUT2D eigenvalue weighted by atomic mass is 10.6. The largest absolute Gasteiger partial charge is 0.269 e. The van der Waals surface area contributed by atoms with Gasteiger partial charge in [-0.3, -0.25) is 9.79 Å². The third-order valence-corrected chi connectivity index (χ3v) is 2.15. The highest BCUT2D eigenvalue weighted by Crippen LogP contribution is 2.14. The number of rotatable bonds is 0. The van der Waals surface area contributed by atoms with Crippen molar-refractivity contribution in [1.82, 2.24) is 9.55 Å². The molecule has 1 aliphatic rings. The van der Waals surface area contributed by atoms with Crippen molar-refractivity contribution in [3.05, 3.63) is 22.6 Å². The lowest BCUT2D eigenvalue weighted by molar-refractivity contribution is 0.837. The summed E-state index contributed by atoms with van der Waals surface area (Å²) in [4.78, 5) is 19.0. The third kappa shape index (κ3) is 1.07. The molecule has 1 aromatic rings. The summed E-state index contributed by atoms with van der Waals surface area (Å²) >= 11 is 1.46. The number of aromatic nitrogens is 2. The van der Waals surface area contributed by atoms with Crippen LogP contribution >= 0.6 is 11.8 Å². The van der Waals surface area contributed by atoms with Crippen LogP contribution in [0.25, 0.3) is 0 Å². The number of fused-ring (bicyclic) bond motifs is 1. The van der Waals surface area contributed by atoms with Crippen molar-refractivity contribution in [2.24, 2.45) is 4.99 Å². The predicted molar refractivity (Wildman–Crippen MR) is 43.1 cm³/mol. The molecule has 0 fully saturated rings. The van der Waals surface area contributed by atoms with E-state index in [0.717, 1.165) is 0 Å². The number of hydrogen-bond acceptors (Lipinski definition) is 4. The molecule has 0 amide bonds. The normalized spacial score (nSPS) is 14.5. The summed E-state index contributed by atoms with van der Waals surface area (Å²) < 4.78 is 1.44. The van der Waals surface area contributed by atoms with E-state index in [2.05, 4.69) is 9.98 Å². The van der Waals surface area contributed by atoms with Crippen molar-refractivity contribution in [1.29, 1.82) is 0 Å². The SMILES string of the molecule is O=c1ccnc2n1C=NCS2. The van der Waals surface area contributed by atoms with Crippen LogP contribution in [-0.2, 0) is 0 Å². The van der Waals surface area contributed by atoms with E-state index in [1.54, 1.807) is 0 Å². The van der Waals surface area contributed by atoms with Gasteiger partial charge in [-0.1, -0.05) is 11.8 Å². The zero-order valence-corrected chi connectivity index (χ0v) is 6.41. The lowest BCUT2D eigenvalue weighted by Gasteiger charge is -2.07. The monoisotopic (exact) mass is 167 g/mol. The van der Waals surface area contributed by atoms with Gasteiger partial charge in [-0.2, -0.15) is 0 Å². The van der Waals surface area contributed by atoms with E-state index in [4.69, 9.17) is 0 Å². The zero-order chi connectivity index (χ0) is 7.68. The second kappa shape index (κ2) is 2.50. The van der Waals surface area contributed by atoms with E-state index in [9.17, 15) is 4.79 Å². The van der Waals surface area contributed by atoms with Crippen molar-refractivity contribution in [3.8, 4) is 0 Å². The molecular formula is C6H5N3OS. The molecular weight excluding hydrogens is 162 g/mol. The molecule has 0 N–H and O–H groups in total. The lowest BCUT2D eigenvalue weighted by Crippen LogP contribution is -2.23. The predicted octanol–water partition coefficient (Wildman–Crippen LogP) is 0.183. The van der Waals surface area contributed by atoms with Gasteiger partial charge in [0.1, 0.15) is 0 Å². The smallest absolute Gasteiger partial charge is 0.259 e. The number of aliphatic imine (C=N–C) groups is 1. The van der Waals surface area contributed by atoms with E-state index in [1.807, 2.05) is 0 Å². The fourth-order valence-electron chi connectivity index (χ4n) is 0.825. The fraction of sp³-hybridized carbons (Fsp3) is 0.167. The van der Waals surface area contributed by atoms with Crippen LogP contribution in [0.3, 0.4) is 0 Å². The molecule has 0 aromatic carbocycles. The van der Waals surface area contributed by atoms with Gasteiger partial charge in [0, 0.05) is 12.3 Å². The van der Waals surface area contributed by atoms with E-state index in [-0.39, 0.29) is 5.56 Å². The Hall–Kier alpha value is -1.10. The quantitative estimate of drug-likeness (QED) is 0.518. The summed E-state index contributed by atoms with van der Waals surface area (Å²) in [7, 11) is 0. The Kier molecular flexibility index (Phi) is 1.50. The molecule has 2 heterocycles. The molecule has 4 nitrogen and oxygen atoms in total. The van der Waals surface area contributed by atoms with E-state index in [0.29, 0.717) is 11.0 Å². The van der Waals surface area contributed by atoms with Gasteiger partial charge in [0.2, 0.25) is 0 Å². The molecule has 1 aliphatic heterocycles. The Morgan fingerprint density at radius 1 is 1.64 bits per heavy atom. The minimum atomic E-state index is -0.0778. The Labute approximate surface area is 67.0 Å². The summed E-state index contributed by atoms with van der Waals surface area (Å²) in [5, 5.41) is 0.715. The van der Waals surface area contributed by atoms with Crippen LogP contribution in [0.5, 0.6) is 0 Å². The molecule has 0 unspecified atom stereocenters. The van der Waals surface area contributed by atoms with Gasteiger partial charge in [0.15, 0.2) is 5.16 Å². The minimum Gasteiger partial charge on any atom is -0.269 e. The standard InChI is InChI=1S/C6H5N3OS/c10-5-1-2-8-6-9(5)3-7-4-11-6/h1-3H,4H2. The maximum atomic E-state index is 11.1. The van der Waals surface area contributed by atoms with Crippen LogP contribution in [0.2, 0.25) is 0 Å². The third-order valence-electron chi connectivity index (χ3n) is 1.31. The van der Waals surface area contributed by atoms with E-state index >= 15 is 0 Å².